The summed E-state index contributed by atoms with van der Waals surface area (Å²) in [4.78, 5) is 8.50. The van der Waals surface area contributed by atoms with Crippen molar-refractivity contribution in [1.29, 1.82) is 0 Å². The average molecular weight is 298 g/mol. The first-order valence-electron chi connectivity index (χ1n) is 6.73. The second-order valence-corrected chi connectivity index (χ2v) is 5.54. The van der Waals surface area contributed by atoms with Gasteiger partial charge in [-0.1, -0.05) is 27.7 Å². The molecule has 6 heteroatoms. The number of rotatable bonds is 3. The van der Waals surface area contributed by atoms with Gasteiger partial charge in [0.15, 0.2) is 5.75 Å². The van der Waals surface area contributed by atoms with Gasteiger partial charge in [0, 0.05) is 6.20 Å². The monoisotopic (exact) mass is 298 g/mol. The highest BCUT2D eigenvalue weighted by molar-refractivity contribution is 5.82. The van der Waals surface area contributed by atoms with E-state index in [0.717, 1.165) is 5.56 Å². The number of nitrogens with zero attached hydrogens (tertiary/aromatic N) is 2. The molecule has 1 aromatic heterocycles. The summed E-state index contributed by atoms with van der Waals surface area (Å²) in [5.74, 6) is -0.152. The number of alkyl halides is 3. The number of benzene rings is 1. The van der Waals surface area contributed by atoms with Gasteiger partial charge in [0.05, 0.1) is 11.2 Å². The Morgan fingerprint density at radius 2 is 1.71 bits per heavy atom. The molecule has 0 N–H and O–H groups in total. The Morgan fingerprint density at radius 1 is 1.05 bits per heavy atom. The van der Waals surface area contributed by atoms with E-state index in [-0.39, 0.29) is 23.1 Å². The van der Waals surface area contributed by atoms with E-state index in [9.17, 15) is 13.2 Å². The highest BCUT2D eigenvalue weighted by atomic mass is 19.4. The topological polar surface area (TPSA) is 35.0 Å². The van der Waals surface area contributed by atoms with Crippen LogP contribution in [0.25, 0.3) is 11.0 Å². The summed E-state index contributed by atoms with van der Waals surface area (Å²) in [7, 11) is 0. The van der Waals surface area contributed by atoms with E-state index in [1.54, 1.807) is 12.3 Å². The van der Waals surface area contributed by atoms with Crippen molar-refractivity contribution in [3.8, 4) is 5.75 Å². The molecule has 0 saturated carbocycles. The van der Waals surface area contributed by atoms with Gasteiger partial charge in [-0.2, -0.15) is 0 Å². The maximum Gasteiger partial charge on any atom is 0.573 e. The predicted molar refractivity (Wildman–Crippen MR) is 74.4 cm³/mol. The van der Waals surface area contributed by atoms with E-state index in [4.69, 9.17) is 0 Å². The lowest BCUT2D eigenvalue weighted by Gasteiger charge is -2.15. The highest BCUT2D eigenvalue weighted by Crippen LogP contribution is 2.33. The molecule has 0 saturated heterocycles. The Bertz CT molecular complexity index is 651. The van der Waals surface area contributed by atoms with Crippen LogP contribution in [-0.4, -0.2) is 16.3 Å². The molecule has 1 heterocycles. The predicted octanol–water partition coefficient (Wildman–Crippen LogP) is 4.78. The van der Waals surface area contributed by atoms with Gasteiger partial charge in [-0.25, -0.2) is 4.98 Å². The largest absolute Gasteiger partial charge is 0.573 e. The molecular formula is C15H17F3N2O. The van der Waals surface area contributed by atoms with Crippen molar-refractivity contribution in [2.75, 3.05) is 0 Å². The Hall–Kier alpha value is -1.85. The first-order valence-corrected chi connectivity index (χ1v) is 6.73. The van der Waals surface area contributed by atoms with Crippen LogP contribution >= 0.6 is 0 Å². The van der Waals surface area contributed by atoms with Crippen molar-refractivity contribution >= 4 is 11.0 Å². The first kappa shape index (κ1) is 15.5. The van der Waals surface area contributed by atoms with Crippen molar-refractivity contribution in [2.45, 2.75) is 45.9 Å². The van der Waals surface area contributed by atoms with Crippen LogP contribution < -0.4 is 4.74 Å². The highest BCUT2D eigenvalue weighted by Gasteiger charge is 2.32. The SMILES string of the molecule is CC(C)c1cc(OC(F)(F)F)c2nc(C(C)C)cnc2c1. The lowest BCUT2D eigenvalue weighted by atomic mass is 10.0. The number of fused-ring (bicyclic) bond motifs is 1. The van der Waals surface area contributed by atoms with E-state index in [1.807, 2.05) is 27.7 Å². The second kappa shape index (κ2) is 5.50. The standard InChI is InChI=1S/C15H17F3N2O/c1-8(2)10-5-11-14(13(6-10)21-15(16,17)18)20-12(7-19-11)9(3)4/h5-9H,1-4H3. The molecule has 114 valence electrons. The quantitative estimate of drug-likeness (QED) is 0.818. The molecule has 0 unspecified atom stereocenters. The van der Waals surface area contributed by atoms with Gasteiger partial charge in [-0.05, 0) is 29.5 Å². The first-order chi connectivity index (χ1) is 9.67. The minimum atomic E-state index is -4.75. The maximum atomic E-state index is 12.6. The normalized spacial score (nSPS) is 12.4. The molecule has 0 spiro atoms. The summed E-state index contributed by atoms with van der Waals surface area (Å²) >= 11 is 0. The number of ether oxygens (including phenoxy) is 1. The zero-order valence-electron chi connectivity index (χ0n) is 12.3. The summed E-state index contributed by atoms with van der Waals surface area (Å²) in [5.41, 5.74) is 1.91. The Kier molecular flexibility index (Phi) is 4.07. The molecule has 21 heavy (non-hydrogen) atoms. The van der Waals surface area contributed by atoms with Crippen LogP contribution in [0, 0.1) is 0 Å². The Balaban J connectivity index is 2.66. The summed E-state index contributed by atoms with van der Waals surface area (Å²) in [6, 6.07) is 3.14. The number of aromatic nitrogens is 2. The minimum Gasteiger partial charge on any atom is -0.403 e. The molecular weight excluding hydrogens is 281 g/mol. The molecule has 0 aliphatic rings. The molecule has 0 bridgehead atoms. The van der Waals surface area contributed by atoms with Gasteiger partial charge in [0.1, 0.15) is 5.52 Å². The van der Waals surface area contributed by atoms with Gasteiger partial charge < -0.3 is 4.74 Å². The Morgan fingerprint density at radius 3 is 2.24 bits per heavy atom. The number of hydrogen-bond donors (Lipinski definition) is 0. The third-order valence-corrected chi connectivity index (χ3v) is 3.14. The molecule has 0 atom stereocenters. The van der Waals surface area contributed by atoms with Gasteiger partial charge in [0.25, 0.3) is 0 Å². The summed E-state index contributed by atoms with van der Waals surface area (Å²) in [5, 5.41) is 0. The lowest BCUT2D eigenvalue weighted by molar-refractivity contribution is -0.274. The van der Waals surface area contributed by atoms with E-state index in [2.05, 4.69) is 14.7 Å². The van der Waals surface area contributed by atoms with Crippen LogP contribution in [0.1, 0.15) is 50.8 Å². The molecule has 0 aliphatic heterocycles. The fraction of sp³-hybridized carbons (Fsp3) is 0.467. The van der Waals surface area contributed by atoms with E-state index >= 15 is 0 Å². The minimum absolute atomic E-state index is 0.0663. The number of halogens is 3. The zero-order valence-corrected chi connectivity index (χ0v) is 12.3. The van der Waals surface area contributed by atoms with E-state index in [0.29, 0.717) is 11.2 Å². The molecule has 0 fully saturated rings. The summed E-state index contributed by atoms with van der Waals surface area (Å²) in [6.07, 6.45) is -3.16. The van der Waals surface area contributed by atoms with Crippen LogP contribution in [0.2, 0.25) is 0 Å². The maximum absolute atomic E-state index is 12.6. The molecule has 0 aliphatic carbocycles. The fourth-order valence-electron chi connectivity index (χ4n) is 1.93. The van der Waals surface area contributed by atoms with E-state index < -0.39 is 6.36 Å². The second-order valence-electron chi connectivity index (χ2n) is 5.54. The molecule has 0 amide bonds. The number of hydrogen-bond acceptors (Lipinski definition) is 3. The van der Waals surface area contributed by atoms with Crippen LogP contribution in [0.4, 0.5) is 13.2 Å². The van der Waals surface area contributed by atoms with Crippen molar-refractivity contribution < 1.29 is 17.9 Å². The van der Waals surface area contributed by atoms with Crippen LogP contribution in [0.3, 0.4) is 0 Å². The summed E-state index contributed by atoms with van der Waals surface area (Å²) < 4.78 is 41.9. The van der Waals surface area contributed by atoms with E-state index in [1.165, 1.54) is 6.07 Å². The van der Waals surface area contributed by atoms with Crippen LogP contribution in [0.5, 0.6) is 5.75 Å². The molecule has 0 radical (unpaired) electrons. The Labute approximate surface area is 121 Å². The van der Waals surface area contributed by atoms with Gasteiger partial charge in [-0.3, -0.25) is 4.98 Å². The average Bonchev–Trinajstić information content (AvgIpc) is 2.35. The summed E-state index contributed by atoms with van der Waals surface area (Å²) in [6.45, 7) is 7.61. The van der Waals surface area contributed by atoms with Gasteiger partial charge in [0.2, 0.25) is 0 Å². The lowest BCUT2D eigenvalue weighted by Crippen LogP contribution is -2.18. The smallest absolute Gasteiger partial charge is 0.403 e. The fourth-order valence-corrected chi connectivity index (χ4v) is 1.93. The zero-order chi connectivity index (χ0) is 15.8. The molecule has 1 aromatic carbocycles. The van der Waals surface area contributed by atoms with Crippen LogP contribution in [0.15, 0.2) is 18.3 Å². The van der Waals surface area contributed by atoms with Gasteiger partial charge in [-0.15, -0.1) is 13.2 Å². The van der Waals surface area contributed by atoms with Crippen molar-refractivity contribution in [2.24, 2.45) is 0 Å². The molecule has 2 rings (SSSR count). The third kappa shape index (κ3) is 3.62. The van der Waals surface area contributed by atoms with Crippen molar-refractivity contribution in [3.63, 3.8) is 0 Å². The van der Waals surface area contributed by atoms with Crippen molar-refractivity contribution in [3.05, 3.63) is 29.6 Å². The third-order valence-electron chi connectivity index (χ3n) is 3.14. The molecule has 3 nitrogen and oxygen atoms in total. The van der Waals surface area contributed by atoms with Gasteiger partial charge >= 0.3 is 6.36 Å². The molecule has 2 aromatic rings. The van der Waals surface area contributed by atoms with Crippen molar-refractivity contribution in [1.82, 2.24) is 9.97 Å². The van der Waals surface area contributed by atoms with Crippen LogP contribution in [-0.2, 0) is 0 Å².